The largest absolute Gasteiger partial charge is 0.491 e. The van der Waals surface area contributed by atoms with Crippen LogP contribution in [0.4, 0.5) is 23.1 Å². The molecule has 146 valence electrons. The number of nitrogens with one attached hydrogen (secondary N) is 2. The average Bonchev–Trinajstić information content (AvgIpc) is 2.64. The van der Waals surface area contributed by atoms with Gasteiger partial charge in [-0.05, 0) is 70.2 Å². The van der Waals surface area contributed by atoms with Crippen LogP contribution in [0.2, 0.25) is 0 Å². The minimum absolute atomic E-state index is 0.0829. The number of para-hydroxylation sites is 2. The third kappa shape index (κ3) is 5.61. The SMILES string of the molecule is CC(C)Oc1ccc(Nc2ccnc(Nc3ccccc3OC(C)C)n2)cc1. The van der Waals surface area contributed by atoms with Gasteiger partial charge in [0.05, 0.1) is 17.9 Å². The molecular formula is C22H26N4O2. The molecule has 0 spiro atoms. The highest BCUT2D eigenvalue weighted by Gasteiger charge is 2.07. The molecule has 1 heterocycles. The van der Waals surface area contributed by atoms with E-state index in [0.29, 0.717) is 11.8 Å². The summed E-state index contributed by atoms with van der Waals surface area (Å²) >= 11 is 0. The Kier molecular flexibility index (Phi) is 6.32. The zero-order valence-corrected chi connectivity index (χ0v) is 16.6. The Bertz CT molecular complexity index is 895. The van der Waals surface area contributed by atoms with Gasteiger partial charge in [-0.3, -0.25) is 0 Å². The van der Waals surface area contributed by atoms with Gasteiger partial charge in [-0.15, -0.1) is 0 Å². The van der Waals surface area contributed by atoms with Crippen LogP contribution in [-0.4, -0.2) is 22.2 Å². The normalized spacial score (nSPS) is 10.8. The summed E-state index contributed by atoms with van der Waals surface area (Å²) in [4.78, 5) is 8.84. The van der Waals surface area contributed by atoms with Gasteiger partial charge in [-0.2, -0.15) is 4.98 Å². The van der Waals surface area contributed by atoms with Crippen LogP contribution in [0, 0.1) is 0 Å². The molecule has 28 heavy (non-hydrogen) atoms. The average molecular weight is 378 g/mol. The number of hydrogen-bond acceptors (Lipinski definition) is 6. The van der Waals surface area contributed by atoms with Crippen molar-refractivity contribution in [3.63, 3.8) is 0 Å². The molecule has 0 fully saturated rings. The van der Waals surface area contributed by atoms with E-state index in [1.165, 1.54) is 0 Å². The van der Waals surface area contributed by atoms with Gasteiger partial charge in [0, 0.05) is 11.9 Å². The molecule has 0 bridgehead atoms. The van der Waals surface area contributed by atoms with E-state index in [0.717, 1.165) is 22.9 Å². The Labute approximate surface area is 166 Å². The zero-order valence-electron chi connectivity index (χ0n) is 16.6. The molecule has 0 atom stereocenters. The minimum Gasteiger partial charge on any atom is -0.491 e. The number of benzene rings is 2. The number of nitrogens with zero attached hydrogens (tertiary/aromatic N) is 2. The molecule has 0 saturated carbocycles. The lowest BCUT2D eigenvalue weighted by molar-refractivity contribution is 0.242. The van der Waals surface area contributed by atoms with Crippen molar-refractivity contribution >= 4 is 23.1 Å². The molecule has 0 aliphatic carbocycles. The summed E-state index contributed by atoms with van der Waals surface area (Å²) in [6, 6.07) is 17.3. The van der Waals surface area contributed by atoms with Crippen LogP contribution < -0.4 is 20.1 Å². The summed E-state index contributed by atoms with van der Waals surface area (Å²) in [7, 11) is 0. The van der Waals surface area contributed by atoms with Crippen molar-refractivity contribution < 1.29 is 9.47 Å². The molecular weight excluding hydrogens is 352 g/mol. The second-order valence-corrected chi connectivity index (χ2v) is 6.87. The van der Waals surface area contributed by atoms with Crippen molar-refractivity contribution in [3.8, 4) is 11.5 Å². The number of rotatable bonds is 8. The summed E-state index contributed by atoms with van der Waals surface area (Å²) in [5, 5.41) is 6.51. The van der Waals surface area contributed by atoms with Crippen LogP contribution >= 0.6 is 0 Å². The highest BCUT2D eigenvalue weighted by atomic mass is 16.5. The number of hydrogen-bond donors (Lipinski definition) is 2. The van der Waals surface area contributed by atoms with E-state index in [1.54, 1.807) is 6.20 Å². The monoisotopic (exact) mass is 378 g/mol. The Morgan fingerprint density at radius 2 is 1.50 bits per heavy atom. The molecule has 1 aromatic heterocycles. The highest BCUT2D eigenvalue weighted by molar-refractivity contribution is 5.64. The van der Waals surface area contributed by atoms with Crippen LogP contribution in [0.1, 0.15) is 27.7 Å². The van der Waals surface area contributed by atoms with Gasteiger partial charge < -0.3 is 20.1 Å². The van der Waals surface area contributed by atoms with Gasteiger partial charge in [0.2, 0.25) is 5.95 Å². The second-order valence-electron chi connectivity index (χ2n) is 6.87. The molecule has 3 rings (SSSR count). The summed E-state index contributed by atoms with van der Waals surface area (Å²) in [6.07, 6.45) is 1.94. The summed E-state index contributed by atoms with van der Waals surface area (Å²) in [5.74, 6) is 2.79. The first kappa shape index (κ1) is 19.5. The lowest BCUT2D eigenvalue weighted by Gasteiger charge is -2.15. The van der Waals surface area contributed by atoms with E-state index in [2.05, 4.69) is 20.6 Å². The summed E-state index contributed by atoms with van der Waals surface area (Å²) < 4.78 is 11.5. The molecule has 6 nitrogen and oxygen atoms in total. The molecule has 0 aliphatic heterocycles. The third-order valence-corrected chi connectivity index (χ3v) is 3.65. The van der Waals surface area contributed by atoms with Crippen LogP contribution in [0.3, 0.4) is 0 Å². The fraction of sp³-hybridized carbons (Fsp3) is 0.273. The van der Waals surface area contributed by atoms with Gasteiger partial charge in [-0.25, -0.2) is 4.98 Å². The Morgan fingerprint density at radius 3 is 2.21 bits per heavy atom. The van der Waals surface area contributed by atoms with Gasteiger partial charge in [0.15, 0.2) is 0 Å². The van der Waals surface area contributed by atoms with Crippen molar-refractivity contribution in [2.75, 3.05) is 10.6 Å². The van der Waals surface area contributed by atoms with Gasteiger partial charge in [0.1, 0.15) is 17.3 Å². The van der Waals surface area contributed by atoms with Crippen molar-refractivity contribution in [3.05, 3.63) is 60.8 Å². The molecule has 0 unspecified atom stereocenters. The van der Waals surface area contributed by atoms with Gasteiger partial charge in [-0.1, -0.05) is 12.1 Å². The van der Waals surface area contributed by atoms with E-state index in [1.807, 2.05) is 82.3 Å². The molecule has 3 aromatic rings. The molecule has 0 radical (unpaired) electrons. The van der Waals surface area contributed by atoms with E-state index in [-0.39, 0.29) is 12.2 Å². The lowest BCUT2D eigenvalue weighted by atomic mass is 10.3. The predicted molar refractivity (Wildman–Crippen MR) is 113 cm³/mol. The first-order chi connectivity index (χ1) is 13.5. The van der Waals surface area contributed by atoms with E-state index in [4.69, 9.17) is 9.47 Å². The molecule has 2 N–H and O–H groups in total. The molecule has 0 amide bonds. The molecule has 0 aliphatic rings. The van der Waals surface area contributed by atoms with Crippen molar-refractivity contribution in [2.45, 2.75) is 39.9 Å². The summed E-state index contributed by atoms with van der Waals surface area (Å²) in [6.45, 7) is 8.00. The van der Waals surface area contributed by atoms with Crippen LogP contribution in [0.5, 0.6) is 11.5 Å². The van der Waals surface area contributed by atoms with Gasteiger partial charge in [0.25, 0.3) is 0 Å². The zero-order chi connectivity index (χ0) is 19.9. The van der Waals surface area contributed by atoms with E-state index in [9.17, 15) is 0 Å². The first-order valence-corrected chi connectivity index (χ1v) is 9.39. The molecule has 2 aromatic carbocycles. The van der Waals surface area contributed by atoms with E-state index >= 15 is 0 Å². The first-order valence-electron chi connectivity index (χ1n) is 9.39. The third-order valence-electron chi connectivity index (χ3n) is 3.65. The lowest BCUT2D eigenvalue weighted by Crippen LogP contribution is -2.08. The summed E-state index contributed by atoms with van der Waals surface area (Å²) in [5.41, 5.74) is 1.74. The second kappa shape index (κ2) is 9.08. The maximum absolute atomic E-state index is 5.84. The highest BCUT2D eigenvalue weighted by Crippen LogP contribution is 2.27. The fourth-order valence-corrected chi connectivity index (χ4v) is 2.57. The van der Waals surface area contributed by atoms with Crippen molar-refractivity contribution in [2.24, 2.45) is 0 Å². The number of anilines is 4. The Hall–Kier alpha value is -3.28. The quantitative estimate of drug-likeness (QED) is 0.536. The molecule has 6 heteroatoms. The number of ether oxygens (including phenoxy) is 2. The van der Waals surface area contributed by atoms with Crippen molar-refractivity contribution in [1.82, 2.24) is 9.97 Å². The number of aromatic nitrogens is 2. The maximum atomic E-state index is 5.84. The van der Waals surface area contributed by atoms with Crippen LogP contribution in [0.25, 0.3) is 0 Å². The van der Waals surface area contributed by atoms with Gasteiger partial charge >= 0.3 is 0 Å². The topological polar surface area (TPSA) is 68.3 Å². The Balaban J connectivity index is 1.71. The van der Waals surface area contributed by atoms with Crippen molar-refractivity contribution in [1.29, 1.82) is 0 Å². The maximum Gasteiger partial charge on any atom is 0.229 e. The van der Waals surface area contributed by atoms with Crippen LogP contribution in [-0.2, 0) is 0 Å². The smallest absolute Gasteiger partial charge is 0.229 e. The minimum atomic E-state index is 0.0829. The Morgan fingerprint density at radius 1 is 0.786 bits per heavy atom. The molecule has 0 saturated heterocycles. The predicted octanol–water partition coefficient (Wildman–Crippen LogP) is 5.54. The van der Waals surface area contributed by atoms with E-state index < -0.39 is 0 Å². The van der Waals surface area contributed by atoms with Crippen LogP contribution in [0.15, 0.2) is 60.8 Å². The standard InChI is InChI=1S/C22H26N4O2/c1-15(2)27-18-11-9-17(10-12-18)24-21-13-14-23-22(26-21)25-19-7-5-6-8-20(19)28-16(3)4/h5-16H,1-4H3,(H2,23,24,25,26). The fourth-order valence-electron chi connectivity index (χ4n) is 2.57.